The Hall–Kier alpha value is -3.17. The van der Waals surface area contributed by atoms with Crippen LogP contribution < -0.4 is 10.2 Å². The smallest absolute Gasteiger partial charge is 0.251 e. The molecule has 0 atom stereocenters. The first-order valence-electron chi connectivity index (χ1n) is 10.1. The molecule has 1 saturated heterocycles. The van der Waals surface area contributed by atoms with Gasteiger partial charge in [0.2, 0.25) is 5.91 Å². The van der Waals surface area contributed by atoms with E-state index in [9.17, 15) is 14.9 Å². The zero-order valence-corrected chi connectivity index (χ0v) is 17.5. The van der Waals surface area contributed by atoms with Crippen molar-refractivity contribution in [2.45, 2.75) is 44.6 Å². The van der Waals surface area contributed by atoms with E-state index in [4.69, 9.17) is 4.74 Å². The average molecular weight is 403 g/mol. The topological polar surface area (TPSA) is 82.4 Å². The Morgan fingerprint density at radius 1 is 1.13 bits per heavy atom. The summed E-state index contributed by atoms with van der Waals surface area (Å²) in [5, 5.41) is 12.4. The number of ether oxygens (including phenoxy) is 1. The minimum atomic E-state index is -0.781. The number of nitrogens with one attached hydrogen (secondary N) is 1. The summed E-state index contributed by atoms with van der Waals surface area (Å²) >= 11 is 0. The van der Waals surface area contributed by atoms with Gasteiger partial charge in [0.15, 0.2) is 0 Å². The third-order valence-electron chi connectivity index (χ3n) is 6.16. The van der Waals surface area contributed by atoms with Gasteiger partial charge in [-0.1, -0.05) is 6.07 Å². The summed E-state index contributed by atoms with van der Waals surface area (Å²) in [5.41, 5.74) is 2.16. The zero-order chi connectivity index (χ0) is 21.5. The maximum absolute atomic E-state index is 13.3. The molecule has 30 heavy (non-hydrogen) atoms. The van der Waals surface area contributed by atoms with Crippen LogP contribution in [0.3, 0.4) is 0 Å². The minimum Gasteiger partial charge on any atom is -0.381 e. The lowest BCUT2D eigenvalue weighted by molar-refractivity contribution is -0.121. The van der Waals surface area contributed by atoms with Crippen LogP contribution in [0.4, 0.5) is 11.4 Å². The first-order chi connectivity index (χ1) is 14.2. The molecule has 2 aromatic rings. The van der Waals surface area contributed by atoms with Gasteiger partial charge in [-0.2, -0.15) is 5.26 Å². The van der Waals surface area contributed by atoms with E-state index in [0.717, 1.165) is 24.1 Å². The van der Waals surface area contributed by atoms with Crippen LogP contribution >= 0.6 is 0 Å². The summed E-state index contributed by atoms with van der Waals surface area (Å²) in [6.45, 7) is 7.05. The fourth-order valence-electron chi connectivity index (χ4n) is 4.14. The molecule has 1 fully saturated rings. The second-order valence-corrected chi connectivity index (χ2v) is 8.79. The van der Waals surface area contributed by atoms with Crippen LogP contribution in [0.25, 0.3) is 0 Å². The van der Waals surface area contributed by atoms with E-state index < -0.39 is 5.41 Å². The van der Waals surface area contributed by atoms with Gasteiger partial charge < -0.3 is 10.1 Å². The molecule has 6 nitrogen and oxygen atoms in total. The SMILES string of the molecule is CC1(NC(=O)c2ccc3c(c2)C(C)(C)C(=O)N3c2cccc(C#N)c2)CCOCC1. The lowest BCUT2D eigenvalue weighted by Crippen LogP contribution is -2.49. The third kappa shape index (κ3) is 3.35. The molecule has 4 rings (SSSR count). The van der Waals surface area contributed by atoms with Gasteiger partial charge in [-0.25, -0.2) is 0 Å². The van der Waals surface area contributed by atoms with Crippen molar-refractivity contribution in [2.24, 2.45) is 0 Å². The first-order valence-corrected chi connectivity index (χ1v) is 10.1. The quantitative estimate of drug-likeness (QED) is 0.845. The molecule has 0 aromatic heterocycles. The lowest BCUT2D eigenvalue weighted by Gasteiger charge is -2.34. The van der Waals surface area contributed by atoms with E-state index in [1.165, 1.54) is 0 Å². The van der Waals surface area contributed by atoms with Crippen LogP contribution in [0.2, 0.25) is 0 Å². The molecular weight excluding hydrogens is 378 g/mol. The van der Waals surface area contributed by atoms with Crippen molar-refractivity contribution in [3.8, 4) is 6.07 Å². The highest BCUT2D eigenvalue weighted by molar-refractivity contribution is 6.13. The zero-order valence-electron chi connectivity index (χ0n) is 17.5. The normalized spacial score (nSPS) is 19.1. The fourth-order valence-corrected chi connectivity index (χ4v) is 4.14. The van der Waals surface area contributed by atoms with Gasteiger partial charge in [-0.15, -0.1) is 0 Å². The summed E-state index contributed by atoms with van der Waals surface area (Å²) in [4.78, 5) is 27.9. The minimum absolute atomic E-state index is 0.0819. The number of fused-ring (bicyclic) bond motifs is 1. The molecule has 1 N–H and O–H groups in total. The number of nitriles is 1. The van der Waals surface area contributed by atoms with E-state index in [-0.39, 0.29) is 17.4 Å². The van der Waals surface area contributed by atoms with Gasteiger partial charge in [-0.05, 0) is 75.6 Å². The van der Waals surface area contributed by atoms with Crippen molar-refractivity contribution in [2.75, 3.05) is 18.1 Å². The second kappa shape index (κ2) is 7.26. The van der Waals surface area contributed by atoms with Gasteiger partial charge in [-0.3, -0.25) is 14.5 Å². The number of hydrogen-bond acceptors (Lipinski definition) is 4. The predicted molar refractivity (Wildman–Crippen MR) is 114 cm³/mol. The largest absolute Gasteiger partial charge is 0.381 e. The van der Waals surface area contributed by atoms with E-state index in [1.807, 2.05) is 39.0 Å². The Balaban J connectivity index is 1.69. The maximum Gasteiger partial charge on any atom is 0.251 e. The molecule has 0 saturated carbocycles. The van der Waals surface area contributed by atoms with Crippen LogP contribution in [0.5, 0.6) is 0 Å². The average Bonchev–Trinajstić information content (AvgIpc) is 2.93. The standard InChI is InChI=1S/C24H25N3O3/c1-23(2)19-14-17(21(28)26-24(3)9-11-30-12-10-24)7-8-20(19)27(22(23)29)18-6-4-5-16(13-18)15-25/h4-8,13-14H,9-12H2,1-3H3,(H,26,28). The van der Waals surface area contributed by atoms with Crippen LogP contribution in [0.15, 0.2) is 42.5 Å². The number of carbonyl (C=O) groups is 2. The van der Waals surface area contributed by atoms with Crippen molar-refractivity contribution in [3.63, 3.8) is 0 Å². The molecule has 2 aromatic carbocycles. The molecule has 2 aliphatic heterocycles. The van der Waals surface area contributed by atoms with Crippen molar-refractivity contribution in [1.29, 1.82) is 5.26 Å². The molecule has 0 spiro atoms. The molecule has 0 unspecified atom stereocenters. The van der Waals surface area contributed by atoms with Crippen molar-refractivity contribution < 1.29 is 14.3 Å². The Bertz CT molecular complexity index is 1060. The van der Waals surface area contributed by atoms with Crippen molar-refractivity contribution in [1.82, 2.24) is 5.32 Å². The monoisotopic (exact) mass is 403 g/mol. The van der Waals surface area contributed by atoms with Gasteiger partial charge in [0.25, 0.3) is 5.91 Å². The van der Waals surface area contributed by atoms with E-state index >= 15 is 0 Å². The molecule has 0 aliphatic carbocycles. The second-order valence-electron chi connectivity index (χ2n) is 8.79. The molecule has 2 heterocycles. The number of hydrogen-bond donors (Lipinski definition) is 1. The summed E-state index contributed by atoms with van der Waals surface area (Å²) < 4.78 is 5.41. The molecule has 0 radical (unpaired) electrons. The number of amides is 2. The van der Waals surface area contributed by atoms with Gasteiger partial charge in [0.1, 0.15) is 0 Å². The fraction of sp³-hybridized carbons (Fsp3) is 0.375. The van der Waals surface area contributed by atoms with Crippen molar-refractivity contribution >= 4 is 23.2 Å². The summed E-state index contributed by atoms with van der Waals surface area (Å²) in [6.07, 6.45) is 1.55. The Kier molecular flexibility index (Phi) is 4.87. The molecule has 154 valence electrons. The maximum atomic E-state index is 13.3. The molecule has 6 heteroatoms. The summed E-state index contributed by atoms with van der Waals surface area (Å²) in [6, 6.07) is 14.5. The van der Waals surface area contributed by atoms with Crippen LogP contribution in [0.1, 0.15) is 55.1 Å². The number of carbonyl (C=O) groups excluding carboxylic acids is 2. The summed E-state index contributed by atoms with van der Waals surface area (Å²) in [5.74, 6) is -0.225. The number of nitrogens with zero attached hydrogens (tertiary/aromatic N) is 2. The Labute approximate surface area is 176 Å². The Morgan fingerprint density at radius 2 is 1.87 bits per heavy atom. The molecule has 2 aliphatic rings. The van der Waals surface area contributed by atoms with E-state index in [2.05, 4.69) is 11.4 Å². The first kappa shape index (κ1) is 20.1. The molecule has 0 bridgehead atoms. The van der Waals surface area contributed by atoms with E-state index in [1.54, 1.807) is 29.2 Å². The lowest BCUT2D eigenvalue weighted by atomic mass is 9.85. The predicted octanol–water partition coefficient (Wildman–Crippen LogP) is 3.81. The number of rotatable bonds is 3. The number of anilines is 2. The van der Waals surface area contributed by atoms with Crippen molar-refractivity contribution in [3.05, 3.63) is 59.2 Å². The molecular formula is C24H25N3O3. The number of benzene rings is 2. The van der Waals surface area contributed by atoms with Crippen LogP contribution in [0, 0.1) is 11.3 Å². The van der Waals surface area contributed by atoms with Crippen LogP contribution in [-0.2, 0) is 14.9 Å². The highest BCUT2D eigenvalue weighted by Gasteiger charge is 2.45. The highest BCUT2D eigenvalue weighted by atomic mass is 16.5. The molecule has 2 amide bonds. The van der Waals surface area contributed by atoms with E-state index in [0.29, 0.717) is 30.0 Å². The summed E-state index contributed by atoms with van der Waals surface area (Å²) in [7, 11) is 0. The Morgan fingerprint density at radius 3 is 2.57 bits per heavy atom. The highest BCUT2D eigenvalue weighted by Crippen LogP contribution is 2.45. The van der Waals surface area contributed by atoms with Gasteiger partial charge in [0.05, 0.1) is 28.4 Å². The van der Waals surface area contributed by atoms with Gasteiger partial charge in [0, 0.05) is 24.3 Å². The van der Waals surface area contributed by atoms with Crippen LogP contribution in [-0.4, -0.2) is 30.6 Å². The third-order valence-corrected chi connectivity index (χ3v) is 6.16. The van der Waals surface area contributed by atoms with Gasteiger partial charge >= 0.3 is 0 Å².